The average molecular weight is 630 g/mol. The first-order valence-electron chi connectivity index (χ1n) is 16.5. The number of rotatable bonds is 6. The van der Waals surface area contributed by atoms with E-state index in [2.05, 4.69) is 119 Å². The summed E-state index contributed by atoms with van der Waals surface area (Å²) >= 11 is 0. The standard InChI is InChI=1S/C44H31N5/c1-3-5-16-29(4-2)42-45-43(30-17-8-6-9-18-30)47-44(46-42)49-39-24-15-13-22-33(39)35-26-27-36-37(41(35)49)28-25-34-32-21-12-14-23-38(32)48(40(34)36)31-19-10-7-11-20-31/h3-28H,2H2,1H3/b5-3-,29-16+. The highest BCUT2D eigenvalue weighted by Crippen LogP contribution is 2.41. The Kier molecular flexibility index (Phi) is 6.76. The van der Waals surface area contributed by atoms with Gasteiger partial charge in [0, 0.05) is 49.1 Å². The third-order valence-electron chi connectivity index (χ3n) is 9.28. The predicted molar refractivity (Wildman–Crippen MR) is 204 cm³/mol. The smallest absolute Gasteiger partial charge is 0.238 e. The lowest BCUT2D eigenvalue weighted by atomic mass is 10.0. The maximum absolute atomic E-state index is 5.17. The van der Waals surface area contributed by atoms with Crippen LogP contribution in [0, 0.1) is 0 Å². The van der Waals surface area contributed by atoms with Crippen LogP contribution < -0.4 is 0 Å². The first-order chi connectivity index (χ1) is 24.2. The number of hydrogen-bond donors (Lipinski definition) is 0. The second-order valence-electron chi connectivity index (χ2n) is 12.1. The van der Waals surface area contributed by atoms with E-state index in [1.165, 1.54) is 21.8 Å². The second kappa shape index (κ2) is 11.6. The van der Waals surface area contributed by atoms with Gasteiger partial charge in [0.05, 0.1) is 22.1 Å². The van der Waals surface area contributed by atoms with Crippen molar-refractivity contribution in [2.24, 2.45) is 0 Å². The molecule has 6 aromatic carbocycles. The van der Waals surface area contributed by atoms with E-state index in [0.29, 0.717) is 17.6 Å². The van der Waals surface area contributed by atoms with Crippen LogP contribution >= 0.6 is 0 Å². The van der Waals surface area contributed by atoms with Gasteiger partial charge in [0.25, 0.3) is 0 Å². The molecular weight excluding hydrogens is 599 g/mol. The van der Waals surface area contributed by atoms with Crippen LogP contribution in [0.2, 0.25) is 0 Å². The highest BCUT2D eigenvalue weighted by Gasteiger charge is 2.22. The van der Waals surface area contributed by atoms with Gasteiger partial charge in [-0.1, -0.05) is 140 Å². The summed E-state index contributed by atoms with van der Waals surface area (Å²) in [5.74, 6) is 1.72. The van der Waals surface area contributed by atoms with Crippen molar-refractivity contribution in [1.29, 1.82) is 0 Å². The Morgan fingerprint density at radius 2 is 1.08 bits per heavy atom. The van der Waals surface area contributed by atoms with Crippen molar-refractivity contribution in [3.8, 4) is 23.0 Å². The molecule has 0 saturated heterocycles. The normalized spacial score (nSPS) is 12.3. The molecule has 0 aliphatic rings. The Bertz CT molecular complexity index is 2780. The zero-order valence-electron chi connectivity index (χ0n) is 27.0. The molecule has 5 nitrogen and oxygen atoms in total. The van der Waals surface area contributed by atoms with Crippen molar-refractivity contribution in [3.05, 3.63) is 170 Å². The topological polar surface area (TPSA) is 48.5 Å². The average Bonchev–Trinajstić information content (AvgIpc) is 3.69. The molecule has 5 heteroatoms. The molecule has 3 heterocycles. The van der Waals surface area contributed by atoms with Crippen molar-refractivity contribution in [1.82, 2.24) is 24.1 Å². The third kappa shape index (κ3) is 4.51. The molecule has 0 atom stereocenters. The lowest BCUT2D eigenvalue weighted by molar-refractivity contribution is 0.934. The molecule has 9 aromatic rings. The van der Waals surface area contributed by atoms with Crippen LogP contribution in [0.15, 0.2) is 164 Å². The minimum absolute atomic E-state index is 0.555. The van der Waals surface area contributed by atoms with Crippen LogP contribution in [-0.4, -0.2) is 24.1 Å². The molecule has 0 unspecified atom stereocenters. The molecule has 0 N–H and O–H groups in total. The number of hydrogen-bond acceptors (Lipinski definition) is 3. The molecule has 0 bridgehead atoms. The summed E-state index contributed by atoms with van der Waals surface area (Å²) in [6.07, 6.45) is 7.75. The van der Waals surface area contributed by atoms with Gasteiger partial charge in [-0.15, -0.1) is 0 Å². The second-order valence-corrected chi connectivity index (χ2v) is 12.1. The van der Waals surface area contributed by atoms with Gasteiger partial charge in [0.1, 0.15) is 0 Å². The van der Waals surface area contributed by atoms with Crippen LogP contribution in [0.5, 0.6) is 0 Å². The Morgan fingerprint density at radius 3 is 1.69 bits per heavy atom. The highest BCUT2D eigenvalue weighted by molar-refractivity contribution is 6.26. The van der Waals surface area contributed by atoms with Gasteiger partial charge in [-0.05, 0) is 31.2 Å². The van der Waals surface area contributed by atoms with E-state index in [-0.39, 0.29) is 0 Å². The molecule has 0 fully saturated rings. The summed E-state index contributed by atoms with van der Waals surface area (Å²) in [6, 6.07) is 46.9. The Balaban J connectivity index is 1.44. The summed E-state index contributed by atoms with van der Waals surface area (Å²) in [5, 5.41) is 7.00. The lowest BCUT2D eigenvalue weighted by Gasteiger charge is -2.13. The number of benzene rings is 6. The van der Waals surface area contributed by atoms with Crippen molar-refractivity contribution in [2.45, 2.75) is 6.92 Å². The maximum atomic E-state index is 5.17. The van der Waals surface area contributed by atoms with Gasteiger partial charge < -0.3 is 4.57 Å². The van der Waals surface area contributed by atoms with Crippen LogP contribution in [0.1, 0.15) is 12.7 Å². The molecule has 0 saturated carbocycles. The summed E-state index contributed by atoms with van der Waals surface area (Å²) in [5.41, 5.74) is 7.30. The van der Waals surface area contributed by atoms with Gasteiger partial charge in [0.15, 0.2) is 11.6 Å². The van der Waals surface area contributed by atoms with Gasteiger partial charge in [-0.25, -0.2) is 4.98 Å². The Labute approximate surface area is 283 Å². The van der Waals surface area contributed by atoms with Crippen LogP contribution in [-0.2, 0) is 0 Å². The predicted octanol–water partition coefficient (Wildman–Crippen LogP) is 11.0. The molecular formula is C44H31N5. The molecule has 0 aliphatic carbocycles. The van der Waals surface area contributed by atoms with Gasteiger partial charge in [-0.2, -0.15) is 9.97 Å². The van der Waals surface area contributed by atoms with Crippen LogP contribution in [0.4, 0.5) is 0 Å². The fraction of sp³-hybridized carbons (Fsp3) is 0.0227. The zero-order valence-corrected chi connectivity index (χ0v) is 27.0. The number of aromatic nitrogens is 5. The molecule has 3 aromatic heterocycles. The molecule has 9 rings (SSSR count). The lowest BCUT2D eigenvalue weighted by Crippen LogP contribution is -2.08. The third-order valence-corrected chi connectivity index (χ3v) is 9.28. The number of allylic oxidation sites excluding steroid dienone is 5. The fourth-order valence-electron chi connectivity index (χ4n) is 7.12. The fourth-order valence-corrected chi connectivity index (χ4v) is 7.12. The van der Waals surface area contributed by atoms with Crippen molar-refractivity contribution in [3.63, 3.8) is 0 Å². The van der Waals surface area contributed by atoms with Gasteiger partial charge in [0.2, 0.25) is 5.95 Å². The molecule has 232 valence electrons. The van der Waals surface area contributed by atoms with Crippen molar-refractivity contribution >= 4 is 60.0 Å². The molecule has 0 aliphatic heterocycles. The maximum Gasteiger partial charge on any atom is 0.238 e. The Morgan fingerprint density at radius 1 is 0.551 bits per heavy atom. The number of fused-ring (bicyclic) bond motifs is 9. The summed E-state index contributed by atoms with van der Waals surface area (Å²) in [7, 11) is 0. The van der Waals surface area contributed by atoms with E-state index in [0.717, 1.165) is 49.4 Å². The van der Waals surface area contributed by atoms with Gasteiger partial charge in [-0.3, -0.25) is 4.57 Å². The quantitative estimate of drug-likeness (QED) is 0.172. The molecule has 0 amide bonds. The first-order valence-corrected chi connectivity index (χ1v) is 16.5. The number of para-hydroxylation sites is 3. The molecule has 0 radical (unpaired) electrons. The van der Waals surface area contributed by atoms with Gasteiger partial charge >= 0.3 is 0 Å². The first kappa shape index (κ1) is 28.6. The SMILES string of the molecule is C=C/C(=C\C=C/C)c1nc(-c2ccccc2)nc(-n2c3ccccc3c3ccc4c(ccc5c6ccccc6n(-c6ccccc6)c54)c32)n1. The van der Waals surface area contributed by atoms with E-state index < -0.39 is 0 Å². The van der Waals surface area contributed by atoms with Crippen LogP contribution in [0.25, 0.3) is 83.0 Å². The minimum Gasteiger partial charge on any atom is -0.309 e. The molecule has 49 heavy (non-hydrogen) atoms. The number of nitrogens with zero attached hydrogens (tertiary/aromatic N) is 5. The van der Waals surface area contributed by atoms with Crippen LogP contribution in [0.3, 0.4) is 0 Å². The summed E-state index contributed by atoms with van der Waals surface area (Å²) in [4.78, 5) is 15.3. The minimum atomic E-state index is 0.555. The van der Waals surface area contributed by atoms with E-state index in [4.69, 9.17) is 15.0 Å². The zero-order chi connectivity index (χ0) is 32.9. The van der Waals surface area contributed by atoms with E-state index in [1.807, 2.05) is 55.5 Å². The summed E-state index contributed by atoms with van der Waals surface area (Å²) in [6.45, 7) is 6.08. The Hall–Kier alpha value is -6.59. The largest absolute Gasteiger partial charge is 0.309 e. The van der Waals surface area contributed by atoms with E-state index >= 15 is 0 Å². The monoisotopic (exact) mass is 629 g/mol. The van der Waals surface area contributed by atoms with E-state index in [9.17, 15) is 0 Å². The highest BCUT2D eigenvalue weighted by atomic mass is 15.2. The van der Waals surface area contributed by atoms with E-state index in [1.54, 1.807) is 6.08 Å². The summed E-state index contributed by atoms with van der Waals surface area (Å²) < 4.78 is 4.60. The molecule has 0 spiro atoms. The van der Waals surface area contributed by atoms with Crippen molar-refractivity contribution < 1.29 is 0 Å². The van der Waals surface area contributed by atoms with Crippen molar-refractivity contribution in [2.75, 3.05) is 0 Å².